The molecule has 0 aromatic carbocycles. The number of allylic oxidation sites excluding steroid dienone is 3. The first kappa shape index (κ1) is 16.1. The van der Waals surface area contributed by atoms with Crippen LogP contribution in [0.3, 0.4) is 0 Å². The van der Waals surface area contributed by atoms with E-state index in [1.807, 2.05) is 0 Å². The molecule has 0 fully saturated rings. The Balaban J connectivity index is 2.21. The molecule has 0 saturated heterocycles. The zero-order valence-electron chi connectivity index (χ0n) is 12.6. The fraction of sp³-hybridized carbons (Fsp3) is 0.750. The second-order valence-electron chi connectivity index (χ2n) is 5.25. The molecule has 3 heteroatoms. The summed E-state index contributed by atoms with van der Waals surface area (Å²) >= 11 is 0. The van der Waals surface area contributed by atoms with Crippen LogP contribution < -0.4 is 11.1 Å². The topological polar surface area (TPSA) is 47.3 Å². The summed E-state index contributed by atoms with van der Waals surface area (Å²) in [7, 11) is 0. The predicted octanol–water partition coefficient (Wildman–Crippen LogP) is 3.33. The minimum atomic E-state index is 0.552. The van der Waals surface area contributed by atoms with Crippen LogP contribution in [-0.4, -0.2) is 19.7 Å². The van der Waals surface area contributed by atoms with Gasteiger partial charge in [-0.05, 0) is 45.2 Å². The lowest BCUT2D eigenvalue weighted by Gasteiger charge is -2.15. The lowest BCUT2D eigenvalue weighted by atomic mass is 9.99. The molecule has 1 aliphatic rings. The number of ether oxygens (including phenoxy) is 1. The van der Waals surface area contributed by atoms with Gasteiger partial charge < -0.3 is 15.8 Å². The van der Waals surface area contributed by atoms with Gasteiger partial charge in [0.15, 0.2) is 0 Å². The Morgan fingerprint density at radius 3 is 2.95 bits per heavy atom. The van der Waals surface area contributed by atoms with Crippen molar-refractivity contribution in [2.75, 3.05) is 19.7 Å². The maximum Gasteiger partial charge on any atom is 0.0955 e. The summed E-state index contributed by atoms with van der Waals surface area (Å²) in [4.78, 5) is 0. The Hall–Kier alpha value is -0.960. The Bertz CT molecular complexity index is 297. The summed E-state index contributed by atoms with van der Waals surface area (Å²) in [6.07, 6.45) is 11.4. The van der Waals surface area contributed by atoms with Gasteiger partial charge in [-0.2, -0.15) is 0 Å². The number of rotatable bonds is 10. The van der Waals surface area contributed by atoms with Crippen molar-refractivity contribution < 1.29 is 4.74 Å². The van der Waals surface area contributed by atoms with E-state index in [1.54, 1.807) is 0 Å². The predicted molar refractivity (Wildman–Crippen MR) is 81.7 cm³/mol. The monoisotopic (exact) mass is 266 g/mol. The van der Waals surface area contributed by atoms with E-state index in [0.29, 0.717) is 5.92 Å². The average molecular weight is 266 g/mol. The van der Waals surface area contributed by atoms with E-state index in [4.69, 9.17) is 10.5 Å². The molecule has 0 aromatic rings. The molecule has 19 heavy (non-hydrogen) atoms. The van der Waals surface area contributed by atoms with Crippen LogP contribution in [0.25, 0.3) is 0 Å². The minimum absolute atomic E-state index is 0.552. The lowest BCUT2D eigenvalue weighted by Crippen LogP contribution is -2.13. The van der Waals surface area contributed by atoms with Crippen molar-refractivity contribution in [2.45, 2.75) is 52.4 Å². The van der Waals surface area contributed by atoms with Crippen LogP contribution in [0.4, 0.5) is 0 Å². The summed E-state index contributed by atoms with van der Waals surface area (Å²) in [6, 6.07) is 0. The number of hydrogen-bond donors (Lipinski definition) is 2. The zero-order chi connectivity index (χ0) is 13.9. The number of hydrogen-bond acceptors (Lipinski definition) is 3. The summed E-state index contributed by atoms with van der Waals surface area (Å²) < 4.78 is 5.66. The van der Waals surface area contributed by atoms with Crippen LogP contribution in [0.2, 0.25) is 0 Å². The van der Waals surface area contributed by atoms with Crippen LogP contribution >= 0.6 is 0 Å². The molecular formula is C16H30N2O. The third-order valence-corrected chi connectivity index (χ3v) is 3.62. The van der Waals surface area contributed by atoms with Gasteiger partial charge in [0.05, 0.1) is 12.4 Å². The Morgan fingerprint density at radius 2 is 2.32 bits per heavy atom. The van der Waals surface area contributed by atoms with Crippen molar-refractivity contribution >= 4 is 0 Å². The van der Waals surface area contributed by atoms with Crippen molar-refractivity contribution in [2.24, 2.45) is 11.7 Å². The molecule has 1 atom stereocenters. The highest BCUT2D eigenvalue weighted by Gasteiger charge is 2.15. The first-order chi connectivity index (χ1) is 9.27. The lowest BCUT2D eigenvalue weighted by molar-refractivity contribution is 0.205. The van der Waals surface area contributed by atoms with Crippen molar-refractivity contribution in [1.82, 2.24) is 5.32 Å². The van der Waals surface area contributed by atoms with Crippen LogP contribution in [0.15, 0.2) is 23.6 Å². The molecule has 0 aromatic heterocycles. The van der Waals surface area contributed by atoms with Gasteiger partial charge in [0.2, 0.25) is 0 Å². The van der Waals surface area contributed by atoms with Crippen molar-refractivity contribution in [3.05, 3.63) is 23.6 Å². The fourth-order valence-electron chi connectivity index (χ4n) is 2.33. The maximum absolute atomic E-state index is 5.66. The average Bonchev–Trinajstić information content (AvgIpc) is 2.93. The molecule has 0 bridgehead atoms. The van der Waals surface area contributed by atoms with Gasteiger partial charge in [-0.15, -0.1) is 0 Å². The van der Waals surface area contributed by atoms with Crippen molar-refractivity contribution in [1.29, 1.82) is 0 Å². The number of nitrogens with two attached hydrogens (primary N) is 1. The maximum atomic E-state index is 5.66. The molecule has 0 saturated carbocycles. The molecule has 3 N–H and O–H groups in total. The van der Waals surface area contributed by atoms with Gasteiger partial charge in [-0.3, -0.25) is 0 Å². The molecule has 0 amide bonds. The summed E-state index contributed by atoms with van der Waals surface area (Å²) in [5, 5.41) is 3.47. The van der Waals surface area contributed by atoms with Crippen molar-refractivity contribution in [3.8, 4) is 0 Å². The number of nitrogens with one attached hydrogen (secondary N) is 1. The van der Waals surface area contributed by atoms with Gasteiger partial charge in [-0.25, -0.2) is 0 Å². The minimum Gasteiger partial charge on any atom is -0.498 e. The standard InChI is InChI=1S/C16H30N2O/c1-3-15(16-8-7-13-19-16)10-9-14(2)18-12-6-4-5-11-17/h8-9,15,18H,3-7,10-13,17H2,1-2H3/b14-9+. The Morgan fingerprint density at radius 1 is 1.47 bits per heavy atom. The second kappa shape index (κ2) is 9.90. The van der Waals surface area contributed by atoms with Gasteiger partial charge in [0, 0.05) is 24.6 Å². The van der Waals surface area contributed by atoms with Crippen LogP contribution in [0, 0.1) is 5.92 Å². The van der Waals surface area contributed by atoms with E-state index in [0.717, 1.165) is 45.4 Å². The highest BCUT2D eigenvalue weighted by molar-refractivity contribution is 5.06. The summed E-state index contributed by atoms with van der Waals surface area (Å²) in [6.45, 7) is 7.12. The van der Waals surface area contributed by atoms with Crippen LogP contribution in [-0.2, 0) is 4.74 Å². The smallest absolute Gasteiger partial charge is 0.0955 e. The SMILES string of the molecule is CCC(C/C=C(\C)NCCCCCN)C1=CCCO1. The third kappa shape index (κ3) is 6.67. The molecule has 1 aliphatic heterocycles. The fourth-order valence-corrected chi connectivity index (χ4v) is 2.33. The Labute approximate surface area is 118 Å². The molecule has 1 heterocycles. The van der Waals surface area contributed by atoms with Gasteiger partial charge >= 0.3 is 0 Å². The van der Waals surface area contributed by atoms with Crippen molar-refractivity contribution in [3.63, 3.8) is 0 Å². The van der Waals surface area contributed by atoms with Crippen LogP contribution in [0.5, 0.6) is 0 Å². The highest BCUT2D eigenvalue weighted by atomic mass is 16.5. The van der Waals surface area contributed by atoms with Gasteiger partial charge in [-0.1, -0.05) is 19.4 Å². The van der Waals surface area contributed by atoms with Crippen LogP contribution in [0.1, 0.15) is 52.4 Å². The molecule has 3 nitrogen and oxygen atoms in total. The van der Waals surface area contributed by atoms with E-state index in [-0.39, 0.29) is 0 Å². The molecule has 1 unspecified atom stereocenters. The normalized spacial score (nSPS) is 17.0. The van der Waals surface area contributed by atoms with E-state index in [2.05, 4.69) is 31.3 Å². The third-order valence-electron chi connectivity index (χ3n) is 3.62. The summed E-state index contributed by atoms with van der Waals surface area (Å²) in [5.74, 6) is 1.76. The Kier molecular flexibility index (Phi) is 8.39. The molecular weight excluding hydrogens is 236 g/mol. The second-order valence-corrected chi connectivity index (χ2v) is 5.25. The van der Waals surface area contributed by atoms with E-state index >= 15 is 0 Å². The first-order valence-electron chi connectivity index (χ1n) is 7.71. The van der Waals surface area contributed by atoms with Gasteiger partial charge in [0.1, 0.15) is 0 Å². The van der Waals surface area contributed by atoms with E-state index in [9.17, 15) is 0 Å². The molecule has 1 rings (SSSR count). The quantitative estimate of drug-likeness (QED) is 0.596. The molecule has 0 spiro atoms. The largest absolute Gasteiger partial charge is 0.498 e. The molecule has 110 valence electrons. The summed E-state index contributed by atoms with van der Waals surface area (Å²) in [5.41, 5.74) is 6.76. The highest BCUT2D eigenvalue weighted by Crippen LogP contribution is 2.25. The van der Waals surface area contributed by atoms with E-state index in [1.165, 1.54) is 24.3 Å². The van der Waals surface area contributed by atoms with Gasteiger partial charge in [0.25, 0.3) is 0 Å². The van der Waals surface area contributed by atoms with E-state index < -0.39 is 0 Å². The molecule has 0 radical (unpaired) electrons. The first-order valence-corrected chi connectivity index (χ1v) is 7.71. The zero-order valence-corrected chi connectivity index (χ0v) is 12.6. The number of unbranched alkanes of at least 4 members (excludes halogenated alkanes) is 2. The molecule has 0 aliphatic carbocycles.